The van der Waals surface area contributed by atoms with Crippen LogP contribution in [0.1, 0.15) is 35.8 Å². The van der Waals surface area contributed by atoms with Crippen molar-refractivity contribution in [3.8, 4) is 11.8 Å². The summed E-state index contributed by atoms with van der Waals surface area (Å²) in [5, 5.41) is 3.71. The number of nitrogens with one attached hydrogen (secondary N) is 1. The third-order valence-electron chi connectivity index (χ3n) is 4.17. The van der Waals surface area contributed by atoms with Crippen molar-refractivity contribution in [1.29, 1.82) is 0 Å². The predicted octanol–water partition coefficient (Wildman–Crippen LogP) is 1.91. The number of nitrogens with zero attached hydrogens (tertiary/aromatic N) is 4. The monoisotopic (exact) mass is 387 g/mol. The van der Waals surface area contributed by atoms with E-state index in [1.54, 1.807) is 12.1 Å². The molecule has 4 rings (SSSR count). The van der Waals surface area contributed by atoms with Crippen LogP contribution in [-0.2, 0) is 11.3 Å². The van der Waals surface area contributed by atoms with E-state index in [1.807, 2.05) is 0 Å². The van der Waals surface area contributed by atoms with Gasteiger partial charge in [0, 0.05) is 23.7 Å². The van der Waals surface area contributed by atoms with Gasteiger partial charge in [-0.1, -0.05) is 0 Å². The van der Waals surface area contributed by atoms with E-state index in [0.717, 1.165) is 17.9 Å². The largest absolute Gasteiger partial charge is 0.474 e. The first-order valence-corrected chi connectivity index (χ1v) is 8.90. The Kier molecular flexibility index (Phi) is 4.76. The van der Waals surface area contributed by atoms with Gasteiger partial charge in [0.05, 0.1) is 6.54 Å². The van der Waals surface area contributed by atoms with Gasteiger partial charge in [-0.05, 0) is 31.9 Å². The molecule has 9 nitrogen and oxygen atoms in total. The van der Waals surface area contributed by atoms with Crippen LogP contribution in [0.15, 0.2) is 24.4 Å². The number of fused-ring (bicyclic) bond motifs is 1. The van der Waals surface area contributed by atoms with Gasteiger partial charge in [-0.2, -0.15) is 10.0 Å². The first kappa shape index (κ1) is 18.1. The maximum atomic E-state index is 12.9. The summed E-state index contributed by atoms with van der Waals surface area (Å²) in [6, 6.07) is 4.73. The molecule has 1 atom stereocenters. The molecule has 1 fully saturated rings. The molecule has 0 saturated heterocycles. The second-order valence-corrected chi connectivity index (χ2v) is 6.67. The van der Waals surface area contributed by atoms with E-state index in [-0.39, 0.29) is 48.4 Å². The van der Waals surface area contributed by atoms with Crippen molar-refractivity contribution in [2.24, 2.45) is 5.92 Å². The molecule has 1 aliphatic heterocycles. The maximum absolute atomic E-state index is 12.9. The highest BCUT2D eigenvalue weighted by Crippen LogP contribution is 2.30. The minimum Gasteiger partial charge on any atom is -0.474 e. The lowest BCUT2D eigenvalue weighted by Gasteiger charge is -2.13. The Morgan fingerprint density at radius 3 is 2.93 bits per heavy atom. The number of hydrogen-bond acceptors (Lipinski definition) is 7. The number of halogens is 1. The number of amides is 2. The molecule has 1 saturated carbocycles. The average Bonchev–Trinajstić information content (AvgIpc) is 3.45. The van der Waals surface area contributed by atoms with Crippen LogP contribution in [-0.4, -0.2) is 44.6 Å². The van der Waals surface area contributed by atoms with Crippen LogP contribution in [0.3, 0.4) is 0 Å². The molecule has 0 spiro atoms. The van der Waals surface area contributed by atoms with Gasteiger partial charge in [0.2, 0.25) is 17.7 Å². The Bertz CT molecular complexity index is 919. The number of pyridine rings is 1. The summed E-state index contributed by atoms with van der Waals surface area (Å²) in [5.41, 5.74) is 0.766. The summed E-state index contributed by atoms with van der Waals surface area (Å²) in [6.45, 7) is 1.44. The number of anilines is 1. The fraction of sp³-hybridized carbons (Fsp3) is 0.389. The molecule has 0 bridgehead atoms. The fourth-order valence-electron chi connectivity index (χ4n) is 2.56. The highest BCUT2D eigenvalue weighted by Gasteiger charge is 2.31. The minimum atomic E-state index is -1.12. The van der Waals surface area contributed by atoms with Crippen LogP contribution in [0.4, 0.5) is 10.3 Å². The molecule has 1 aliphatic carbocycles. The van der Waals surface area contributed by atoms with E-state index in [0.29, 0.717) is 5.56 Å². The number of ether oxygens (including phenoxy) is 1. The quantitative estimate of drug-likeness (QED) is 0.807. The average molecular weight is 387 g/mol. The lowest BCUT2D eigenvalue weighted by Crippen LogP contribution is -2.30. The Labute approximate surface area is 159 Å². The molecule has 3 heterocycles. The molecule has 1 N–H and O–H groups in total. The maximum Gasteiger partial charge on any atom is 0.305 e. The fourth-order valence-corrected chi connectivity index (χ4v) is 2.56. The van der Waals surface area contributed by atoms with Crippen molar-refractivity contribution >= 4 is 17.8 Å². The van der Waals surface area contributed by atoms with Crippen LogP contribution in [0, 0.1) is 5.92 Å². The lowest BCUT2D eigenvalue weighted by atomic mass is 10.2. The molecule has 2 aromatic rings. The molecule has 2 amide bonds. The smallest absolute Gasteiger partial charge is 0.305 e. The van der Waals surface area contributed by atoms with Gasteiger partial charge in [-0.3, -0.25) is 14.9 Å². The van der Waals surface area contributed by atoms with E-state index < -0.39 is 12.1 Å². The van der Waals surface area contributed by atoms with Crippen LogP contribution in [0.25, 0.3) is 0 Å². The number of aromatic nitrogens is 3. The van der Waals surface area contributed by atoms with Gasteiger partial charge in [0.15, 0.2) is 0 Å². The number of rotatable bonds is 6. The van der Waals surface area contributed by atoms with E-state index in [4.69, 9.17) is 9.57 Å². The minimum absolute atomic E-state index is 0.00208. The van der Waals surface area contributed by atoms with Crippen molar-refractivity contribution in [3.63, 3.8) is 0 Å². The second kappa shape index (κ2) is 7.37. The molecule has 2 aromatic heterocycles. The molecular weight excluding hydrogens is 369 g/mol. The van der Waals surface area contributed by atoms with E-state index >= 15 is 0 Å². The van der Waals surface area contributed by atoms with Gasteiger partial charge in [-0.15, -0.1) is 0 Å². The number of hydroxylamine groups is 2. The molecule has 0 aromatic carbocycles. The number of alkyl halides is 1. The normalized spacial score (nSPS) is 16.1. The van der Waals surface area contributed by atoms with Crippen LogP contribution >= 0.6 is 0 Å². The zero-order valence-electron chi connectivity index (χ0n) is 15.1. The Hall–Kier alpha value is -3.30. The van der Waals surface area contributed by atoms with E-state index in [1.165, 1.54) is 19.2 Å². The van der Waals surface area contributed by atoms with Crippen molar-refractivity contribution in [2.45, 2.75) is 32.5 Å². The standard InChI is InChI=1S/C18H18FN5O4/c1-10(19)9-27-14-5-4-12-8-24(28-16(12)22-14)17(26)13-6-7-20-18(21-13)23-15(25)11-2-3-11/h4-7,10-11H,2-3,8-9H2,1H3,(H,20,21,23,25)/t10-/m1/s1. The highest BCUT2D eigenvalue weighted by atomic mass is 19.1. The summed E-state index contributed by atoms with van der Waals surface area (Å²) in [5.74, 6) is -0.134. The summed E-state index contributed by atoms with van der Waals surface area (Å²) >= 11 is 0. The first-order chi connectivity index (χ1) is 13.5. The molecule has 146 valence electrons. The van der Waals surface area contributed by atoms with Crippen LogP contribution in [0.5, 0.6) is 11.8 Å². The summed E-state index contributed by atoms with van der Waals surface area (Å²) in [6.07, 6.45) is 1.98. The van der Waals surface area contributed by atoms with E-state index in [2.05, 4.69) is 20.3 Å². The van der Waals surface area contributed by atoms with Crippen molar-refractivity contribution in [2.75, 3.05) is 11.9 Å². The van der Waals surface area contributed by atoms with Crippen LogP contribution < -0.4 is 14.9 Å². The molecular formula is C18H18FN5O4. The van der Waals surface area contributed by atoms with Crippen molar-refractivity contribution < 1.29 is 23.6 Å². The van der Waals surface area contributed by atoms with Crippen molar-refractivity contribution in [1.82, 2.24) is 20.0 Å². The summed E-state index contributed by atoms with van der Waals surface area (Å²) < 4.78 is 18.1. The van der Waals surface area contributed by atoms with Gasteiger partial charge >= 0.3 is 5.91 Å². The number of carbonyl (C=O) groups excluding carboxylic acids is 2. The van der Waals surface area contributed by atoms with Gasteiger partial charge in [0.25, 0.3) is 5.88 Å². The number of carbonyl (C=O) groups is 2. The van der Waals surface area contributed by atoms with Gasteiger partial charge < -0.3 is 9.57 Å². The van der Waals surface area contributed by atoms with Gasteiger partial charge in [0.1, 0.15) is 18.5 Å². The molecule has 0 unspecified atom stereocenters. The van der Waals surface area contributed by atoms with Gasteiger partial charge in [-0.25, -0.2) is 14.4 Å². The first-order valence-electron chi connectivity index (χ1n) is 8.90. The zero-order chi connectivity index (χ0) is 19.7. The summed E-state index contributed by atoms with van der Waals surface area (Å²) in [7, 11) is 0. The highest BCUT2D eigenvalue weighted by molar-refractivity contribution is 5.94. The summed E-state index contributed by atoms with van der Waals surface area (Å²) in [4.78, 5) is 42.2. The Balaban J connectivity index is 1.43. The zero-order valence-corrected chi connectivity index (χ0v) is 15.1. The van der Waals surface area contributed by atoms with E-state index in [9.17, 15) is 14.0 Å². The molecule has 28 heavy (non-hydrogen) atoms. The topological polar surface area (TPSA) is 107 Å². The third-order valence-corrected chi connectivity index (χ3v) is 4.17. The second-order valence-electron chi connectivity index (χ2n) is 6.67. The lowest BCUT2D eigenvalue weighted by molar-refractivity contribution is -0.117. The van der Waals surface area contributed by atoms with Crippen LogP contribution in [0.2, 0.25) is 0 Å². The third kappa shape index (κ3) is 4.00. The molecule has 2 aliphatic rings. The SMILES string of the molecule is C[C@@H](F)COc1ccc2c(n1)ON(C(=O)c1ccnc(NC(=O)C3CC3)n1)C2. The molecule has 0 radical (unpaired) electrons. The molecule has 10 heteroatoms. The Morgan fingerprint density at radius 1 is 1.36 bits per heavy atom. The number of hydrogen-bond donors (Lipinski definition) is 1. The Morgan fingerprint density at radius 2 is 2.18 bits per heavy atom. The van der Waals surface area contributed by atoms with Crippen molar-refractivity contribution in [3.05, 3.63) is 35.7 Å². The predicted molar refractivity (Wildman–Crippen MR) is 94.2 cm³/mol.